The van der Waals surface area contributed by atoms with Gasteiger partial charge >= 0.3 is 0 Å². The number of hydrogen-bond acceptors (Lipinski definition) is 5. The number of aromatic nitrogens is 4. The maximum atomic E-state index is 12.7. The molecule has 25 heavy (non-hydrogen) atoms. The molecule has 0 atom stereocenters. The number of rotatable bonds is 4. The molecule has 1 amide bonds. The van der Waals surface area contributed by atoms with Crippen molar-refractivity contribution >= 4 is 38.6 Å². The predicted octanol–water partition coefficient (Wildman–Crippen LogP) is 2.71. The van der Waals surface area contributed by atoms with Crippen molar-refractivity contribution in [3.05, 3.63) is 57.2 Å². The molecular formula is C17H16BrN5O2. The molecule has 0 saturated carbocycles. The fraction of sp³-hybridized carbons (Fsp3) is 0.235. The van der Waals surface area contributed by atoms with Crippen LogP contribution in [0.4, 0.5) is 5.82 Å². The number of nitrogens with one attached hydrogen (secondary N) is 1. The first kappa shape index (κ1) is 17.2. The highest BCUT2D eigenvalue weighted by Crippen LogP contribution is 2.20. The van der Waals surface area contributed by atoms with Gasteiger partial charge in [-0.1, -0.05) is 15.9 Å². The number of nitrogens with zero attached hydrogens (tertiary/aromatic N) is 4. The Morgan fingerprint density at radius 1 is 1.32 bits per heavy atom. The molecule has 2 aromatic heterocycles. The van der Waals surface area contributed by atoms with Gasteiger partial charge in [-0.3, -0.25) is 14.3 Å². The summed E-state index contributed by atoms with van der Waals surface area (Å²) in [4.78, 5) is 32.7. The molecule has 1 aromatic carbocycles. The van der Waals surface area contributed by atoms with E-state index in [-0.39, 0.29) is 29.5 Å². The maximum Gasteiger partial charge on any atom is 0.231 e. The molecular weight excluding hydrogens is 386 g/mol. The van der Waals surface area contributed by atoms with E-state index in [1.54, 1.807) is 22.9 Å². The number of fused-ring (bicyclic) bond motifs is 1. The van der Waals surface area contributed by atoms with Gasteiger partial charge in [0.1, 0.15) is 17.8 Å². The third kappa shape index (κ3) is 3.74. The zero-order valence-electron chi connectivity index (χ0n) is 13.7. The first-order valence-electron chi connectivity index (χ1n) is 7.72. The van der Waals surface area contributed by atoms with Crippen molar-refractivity contribution in [1.82, 2.24) is 19.7 Å². The molecule has 0 aliphatic carbocycles. The Hall–Kier alpha value is -2.61. The molecule has 8 heteroatoms. The molecule has 0 unspecified atom stereocenters. The zero-order valence-corrected chi connectivity index (χ0v) is 15.3. The van der Waals surface area contributed by atoms with E-state index < -0.39 is 0 Å². The van der Waals surface area contributed by atoms with Crippen molar-refractivity contribution in [3.8, 4) is 0 Å². The quantitative estimate of drug-likeness (QED) is 0.725. The number of carbonyl (C=O) groups is 1. The number of amides is 1. The van der Waals surface area contributed by atoms with Gasteiger partial charge in [-0.05, 0) is 38.1 Å². The molecule has 0 aliphatic heterocycles. The lowest BCUT2D eigenvalue weighted by atomic mass is 10.1. The van der Waals surface area contributed by atoms with E-state index in [0.717, 1.165) is 9.99 Å². The number of halogens is 1. The van der Waals surface area contributed by atoms with Gasteiger partial charge in [0.15, 0.2) is 0 Å². The van der Waals surface area contributed by atoms with E-state index in [0.29, 0.717) is 11.2 Å². The Bertz CT molecular complexity index is 985. The summed E-state index contributed by atoms with van der Waals surface area (Å²) in [6.07, 6.45) is 2.75. The minimum absolute atomic E-state index is 0.0427. The minimum Gasteiger partial charge on any atom is -0.310 e. The van der Waals surface area contributed by atoms with Crippen LogP contribution in [0.5, 0.6) is 0 Å². The van der Waals surface area contributed by atoms with Gasteiger partial charge in [0, 0.05) is 22.1 Å². The lowest BCUT2D eigenvalue weighted by Gasteiger charge is -2.15. The highest BCUT2D eigenvalue weighted by atomic mass is 79.9. The van der Waals surface area contributed by atoms with Crippen LogP contribution >= 0.6 is 15.9 Å². The number of benzene rings is 1. The fourth-order valence-electron chi connectivity index (χ4n) is 2.48. The zero-order chi connectivity index (χ0) is 18.0. The second kappa shape index (κ2) is 7.10. The van der Waals surface area contributed by atoms with E-state index >= 15 is 0 Å². The van der Waals surface area contributed by atoms with Crippen molar-refractivity contribution in [2.75, 3.05) is 5.32 Å². The van der Waals surface area contributed by atoms with Gasteiger partial charge < -0.3 is 5.32 Å². The SMILES string of the molecule is CC(C)n1nc(CC(=O)Nc2ccncn2)c(=O)c2ccc(Br)cc21. The fourth-order valence-corrected chi connectivity index (χ4v) is 2.83. The van der Waals surface area contributed by atoms with Crippen LogP contribution in [-0.2, 0) is 11.2 Å². The predicted molar refractivity (Wildman–Crippen MR) is 98.5 cm³/mol. The third-order valence-corrected chi connectivity index (χ3v) is 4.10. The van der Waals surface area contributed by atoms with Crippen molar-refractivity contribution in [3.63, 3.8) is 0 Å². The van der Waals surface area contributed by atoms with Crippen molar-refractivity contribution in [2.24, 2.45) is 0 Å². The molecule has 0 fully saturated rings. The van der Waals surface area contributed by atoms with E-state index in [1.165, 1.54) is 12.5 Å². The van der Waals surface area contributed by atoms with Crippen LogP contribution in [0.1, 0.15) is 25.6 Å². The Balaban J connectivity index is 1.99. The first-order chi connectivity index (χ1) is 12.0. The minimum atomic E-state index is -0.352. The van der Waals surface area contributed by atoms with Gasteiger partial charge in [0.25, 0.3) is 0 Å². The second-order valence-corrected chi connectivity index (χ2v) is 6.71. The number of anilines is 1. The molecule has 128 valence electrons. The maximum absolute atomic E-state index is 12.7. The average molecular weight is 402 g/mol. The summed E-state index contributed by atoms with van der Waals surface area (Å²) in [5.41, 5.74) is 0.696. The van der Waals surface area contributed by atoms with Crippen molar-refractivity contribution < 1.29 is 4.79 Å². The van der Waals surface area contributed by atoms with Crippen LogP contribution in [0, 0.1) is 0 Å². The Morgan fingerprint density at radius 2 is 2.12 bits per heavy atom. The Labute approximate surface area is 152 Å². The summed E-state index contributed by atoms with van der Waals surface area (Å²) < 4.78 is 2.62. The largest absolute Gasteiger partial charge is 0.310 e. The summed E-state index contributed by atoms with van der Waals surface area (Å²) in [7, 11) is 0. The summed E-state index contributed by atoms with van der Waals surface area (Å²) in [6.45, 7) is 3.95. The third-order valence-electron chi connectivity index (χ3n) is 3.61. The summed E-state index contributed by atoms with van der Waals surface area (Å²) in [5.74, 6) is 0.0315. The number of carbonyl (C=O) groups excluding carboxylic acids is 1. The molecule has 3 rings (SSSR count). The molecule has 3 aromatic rings. The lowest BCUT2D eigenvalue weighted by molar-refractivity contribution is -0.115. The second-order valence-electron chi connectivity index (χ2n) is 5.80. The van der Waals surface area contributed by atoms with Crippen molar-refractivity contribution in [2.45, 2.75) is 26.3 Å². The Kier molecular flexibility index (Phi) is 4.89. The highest BCUT2D eigenvalue weighted by Gasteiger charge is 2.16. The van der Waals surface area contributed by atoms with E-state index in [9.17, 15) is 9.59 Å². The van der Waals surface area contributed by atoms with Crippen LogP contribution in [-0.4, -0.2) is 25.7 Å². The normalized spacial score (nSPS) is 11.0. The van der Waals surface area contributed by atoms with E-state index in [2.05, 4.69) is 36.3 Å². The highest BCUT2D eigenvalue weighted by molar-refractivity contribution is 9.10. The lowest BCUT2D eigenvalue weighted by Crippen LogP contribution is -2.25. The Morgan fingerprint density at radius 3 is 2.80 bits per heavy atom. The molecule has 7 nitrogen and oxygen atoms in total. The van der Waals surface area contributed by atoms with E-state index in [4.69, 9.17) is 0 Å². The first-order valence-corrected chi connectivity index (χ1v) is 8.52. The summed E-state index contributed by atoms with van der Waals surface area (Å²) in [6, 6.07) is 7.03. The molecule has 0 bridgehead atoms. The molecule has 0 saturated heterocycles. The van der Waals surface area contributed by atoms with Crippen LogP contribution in [0.15, 0.2) is 46.1 Å². The van der Waals surface area contributed by atoms with Gasteiger partial charge in [-0.25, -0.2) is 9.97 Å². The van der Waals surface area contributed by atoms with Crippen LogP contribution in [0.2, 0.25) is 0 Å². The monoisotopic (exact) mass is 401 g/mol. The van der Waals surface area contributed by atoms with Gasteiger partial charge in [-0.2, -0.15) is 5.10 Å². The standard InChI is InChI=1S/C17H16BrN5O2/c1-10(2)23-14-7-11(18)3-4-12(14)17(25)13(22-23)8-16(24)21-15-5-6-19-9-20-15/h3-7,9-10H,8H2,1-2H3,(H,19,20,21,24). The van der Waals surface area contributed by atoms with Crippen molar-refractivity contribution in [1.29, 1.82) is 0 Å². The molecule has 1 N–H and O–H groups in total. The van der Waals surface area contributed by atoms with Gasteiger partial charge in [-0.15, -0.1) is 0 Å². The molecule has 0 spiro atoms. The molecule has 0 aliphatic rings. The van der Waals surface area contributed by atoms with E-state index in [1.807, 2.05) is 19.9 Å². The van der Waals surface area contributed by atoms with Crippen LogP contribution < -0.4 is 10.7 Å². The molecule has 2 heterocycles. The average Bonchev–Trinajstić information content (AvgIpc) is 2.57. The van der Waals surface area contributed by atoms with Crippen LogP contribution in [0.3, 0.4) is 0 Å². The smallest absolute Gasteiger partial charge is 0.231 e. The summed E-state index contributed by atoms with van der Waals surface area (Å²) >= 11 is 3.42. The van der Waals surface area contributed by atoms with Crippen LogP contribution in [0.25, 0.3) is 10.9 Å². The van der Waals surface area contributed by atoms with Gasteiger partial charge in [0.05, 0.1) is 11.9 Å². The molecule has 0 radical (unpaired) electrons. The topological polar surface area (TPSA) is 89.8 Å². The summed E-state index contributed by atoms with van der Waals surface area (Å²) in [5, 5.41) is 7.59. The number of hydrogen-bond donors (Lipinski definition) is 1. The van der Waals surface area contributed by atoms with Gasteiger partial charge in [0.2, 0.25) is 11.3 Å².